The molecule has 0 aliphatic heterocycles. The summed E-state index contributed by atoms with van der Waals surface area (Å²) in [7, 11) is 0. The second-order valence-corrected chi connectivity index (χ2v) is 5.62. The third-order valence-corrected chi connectivity index (χ3v) is 3.51. The maximum Gasteiger partial charge on any atom is 0.134 e. The van der Waals surface area contributed by atoms with E-state index in [1.165, 1.54) is 10.9 Å². The molecular weight excluding hydrogens is 204 g/mol. The van der Waals surface area contributed by atoms with Crippen LogP contribution in [-0.4, -0.2) is 5.25 Å². The number of hydrogen-bond acceptors (Lipinski definition) is 2. The van der Waals surface area contributed by atoms with Gasteiger partial charge < -0.3 is 4.42 Å². The molecular formula is C13H16OS. The molecule has 0 spiro atoms. The molecule has 0 aliphatic carbocycles. The normalized spacial score (nSPS) is 11.5. The zero-order valence-electron chi connectivity index (χ0n) is 9.41. The largest absolute Gasteiger partial charge is 0.460 e. The van der Waals surface area contributed by atoms with E-state index >= 15 is 0 Å². The van der Waals surface area contributed by atoms with E-state index in [1.54, 1.807) is 0 Å². The van der Waals surface area contributed by atoms with E-state index < -0.39 is 0 Å². The molecule has 0 unspecified atom stereocenters. The van der Waals surface area contributed by atoms with Crippen LogP contribution in [-0.2, 0) is 5.75 Å². The Hall–Kier alpha value is -0.890. The highest BCUT2D eigenvalue weighted by molar-refractivity contribution is 7.99. The molecule has 0 saturated heterocycles. The first kappa shape index (κ1) is 10.6. The fourth-order valence-electron chi connectivity index (χ4n) is 1.58. The van der Waals surface area contributed by atoms with Crippen LogP contribution in [0.4, 0.5) is 0 Å². The molecule has 1 aromatic heterocycles. The maximum atomic E-state index is 5.78. The number of hydrogen-bond donors (Lipinski definition) is 0. The topological polar surface area (TPSA) is 13.1 Å². The van der Waals surface area contributed by atoms with Gasteiger partial charge in [0.2, 0.25) is 0 Å². The average Bonchev–Trinajstić information content (AvgIpc) is 2.59. The van der Waals surface area contributed by atoms with E-state index in [1.807, 2.05) is 23.9 Å². The Labute approximate surface area is 94.9 Å². The molecule has 1 aromatic carbocycles. The van der Waals surface area contributed by atoms with Crippen LogP contribution in [0.5, 0.6) is 0 Å². The van der Waals surface area contributed by atoms with Crippen molar-refractivity contribution < 1.29 is 4.42 Å². The lowest BCUT2D eigenvalue weighted by Gasteiger charge is -2.00. The van der Waals surface area contributed by atoms with E-state index in [2.05, 4.69) is 32.9 Å². The molecule has 0 fully saturated rings. The highest BCUT2D eigenvalue weighted by atomic mass is 32.2. The van der Waals surface area contributed by atoms with Gasteiger partial charge in [0.25, 0.3) is 0 Å². The predicted molar refractivity (Wildman–Crippen MR) is 67.4 cm³/mol. The Morgan fingerprint density at radius 1 is 1.33 bits per heavy atom. The quantitative estimate of drug-likeness (QED) is 0.761. The first-order chi connectivity index (χ1) is 7.16. The number of aryl methyl sites for hydroxylation is 1. The summed E-state index contributed by atoms with van der Waals surface area (Å²) in [6.45, 7) is 6.54. The Bertz CT molecular complexity index is 457. The molecule has 2 rings (SSSR count). The van der Waals surface area contributed by atoms with Crippen LogP contribution in [0, 0.1) is 6.92 Å². The minimum Gasteiger partial charge on any atom is -0.460 e. The molecule has 0 saturated carbocycles. The van der Waals surface area contributed by atoms with Crippen LogP contribution >= 0.6 is 11.8 Å². The summed E-state index contributed by atoms with van der Waals surface area (Å²) in [4.78, 5) is 0. The van der Waals surface area contributed by atoms with Crippen molar-refractivity contribution in [2.75, 3.05) is 0 Å². The fraction of sp³-hybridized carbons (Fsp3) is 0.385. The second-order valence-electron chi connectivity index (χ2n) is 4.06. The lowest BCUT2D eigenvalue weighted by molar-refractivity contribution is 0.574. The van der Waals surface area contributed by atoms with Gasteiger partial charge in [-0.15, -0.1) is 0 Å². The first-order valence-electron chi connectivity index (χ1n) is 5.26. The number of furan rings is 1. The van der Waals surface area contributed by atoms with Crippen LogP contribution < -0.4 is 0 Å². The van der Waals surface area contributed by atoms with Gasteiger partial charge in [0.05, 0.1) is 5.75 Å². The van der Waals surface area contributed by atoms with Gasteiger partial charge in [-0.1, -0.05) is 26.0 Å². The monoisotopic (exact) mass is 220 g/mol. The molecule has 0 amide bonds. The Kier molecular flexibility index (Phi) is 3.06. The predicted octanol–water partition coefficient (Wildman–Crippen LogP) is 4.38. The highest BCUT2D eigenvalue weighted by Gasteiger charge is 2.06. The smallest absolute Gasteiger partial charge is 0.134 e. The lowest BCUT2D eigenvalue weighted by atomic mass is 10.1. The summed E-state index contributed by atoms with van der Waals surface area (Å²) < 4.78 is 5.78. The van der Waals surface area contributed by atoms with Gasteiger partial charge in [-0.25, -0.2) is 0 Å². The van der Waals surface area contributed by atoms with E-state index in [-0.39, 0.29) is 0 Å². The van der Waals surface area contributed by atoms with Gasteiger partial charge in [0.15, 0.2) is 0 Å². The summed E-state index contributed by atoms with van der Waals surface area (Å²) >= 11 is 1.91. The fourth-order valence-corrected chi connectivity index (χ4v) is 2.22. The molecule has 2 heteroatoms. The van der Waals surface area contributed by atoms with Crippen LogP contribution in [0.3, 0.4) is 0 Å². The standard InChI is InChI=1S/C13H16OS/c1-9(2)15-8-11-7-12-10(3)5-4-6-13(12)14-11/h4-7,9H,8H2,1-3H3. The number of benzene rings is 1. The van der Waals surface area contributed by atoms with Gasteiger partial charge in [0.1, 0.15) is 11.3 Å². The molecule has 0 bridgehead atoms. The first-order valence-corrected chi connectivity index (χ1v) is 6.31. The molecule has 0 radical (unpaired) electrons. The van der Waals surface area contributed by atoms with Crippen molar-refractivity contribution in [3.05, 3.63) is 35.6 Å². The van der Waals surface area contributed by atoms with Crippen molar-refractivity contribution in [3.63, 3.8) is 0 Å². The molecule has 15 heavy (non-hydrogen) atoms. The minimum absolute atomic E-state index is 0.652. The zero-order valence-corrected chi connectivity index (χ0v) is 10.2. The summed E-state index contributed by atoms with van der Waals surface area (Å²) in [5.41, 5.74) is 2.30. The number of thioether (sulfide) groups is 1. The summed E-state index contributed by atoms with van der Waals surface area (Å²) in [5.74, 6) is 2.05. The van der Waals surface area contributed by atoms with Crippen molar-refractivity contribution >= 4 is 22.7 Å². The SMILES string of the molecule is Cc1cccc2oc(CSC(C)C)cc12. The van der Waals surface area contributed by atoms with Crippen molar-refractivity contribution in [2.24, 2.45) is 0 Å². The van der Waals surface area contributed by atoms with Crippen molar-refractivity contribution in [3.8, 4) is 0 Å². The van der Waals surface area contributed by atoms with Crippen LogP contribution in [0.15, 0.2) is 28.7 Å². The Morgan fingerprint density at radius 3 is 2.80 bits per heavy atom. The summed E-state index contributed by atoms with van der Waals surface area (Å²) in [6.07, 6.45) is 0. The van der Waals surface area contributed by atoms with Crippen molar-refractivity contribution in [2.45, 2.75) is 31.8 Å². The van der Waals surface area contributed by atoms with E-state index in [0.717, 1.165) is 17.1 Å². The molecule has 80 valence electrons. The van der Waals surface area contributed by atoms with Crippen molar-refractivity contribution in [1.82, 2.24) is 0 Å². The summed E-state index contributed by atoms with van der Waals surface area (Å²) in [5, 5.41) is 1.90. The molecule has 2 aromatic rings. The second kappa shape index (κ2) is 4.31. The molecule has 1 heterocycles. The van der Waals surface area contributed by atoms with E-state index in [0.29, 0.717) is 5.25 Å². The van der Waals surface area contributed by atoms with Gasteiger partial charge >= 0.3 is 0 Å². The Balaban J connectivity index is 2.27. The van der Waals surface area contributed by atoms with Gasteiger partial charge in [0, 0.05) is 5.39 Å². The Morgan fingerprint density at radius 2 is 2.13 bits per heavy atom. The van der Waals surface area contributed by atoms with Gasteiger partial charge in [-0.2, -0.15) is 11.8 Å². The molecule has 1 nitrogen and oxygen atoms in total. The number of fused-ring (bicyclic) bond motifs is 1. The molecule has 0 N–H and O–H groups in total. The third-order valence-electron chi connectivity index (χ3n) is 2.39. The lowest BCUT2D eigenvalue weighted by Crippen LogP contribution is -1.86. The number of rotatable bonds is 3. The average molecular weight is 220 g/mol. The van der Waals surface area contributed by atoms with Gasteiger partial charge in [-0.3, -0.25) is 0 Å². The summed E-state index contributed by atoms with van der Waals surface area (Å²) in [6, 6.07) is 8.36. The molecule has 0 aliphatic rings. The maximum absolute atomic E-state index is 5.78. The van der Waals surface area contributed by atoms with E-state index in [9.17, 15) is 0 Å². The minimum atomic E-state index is 0.652. The zero-order chi connectivity index (χ0) is 10.8. The van der Waals surface area contributed by atoms with Crippen LogP contribution in [0.25, 0.3) is 11.0 Å². The molecule has 0 atom stereocenters. The van der Waals surface area contributed by atoms with Gasteiger partial charge in [-0.05, 0) is 29.9 Å². The third kappa shape index (κ3) is 2.37. The van der Waals surface area contributed by atoms with E-state index in [4.69, 9.17) is 4.42 Å². The van der Waals surface area contributed by atoms with Crippen LogP contribution in [0.1, 0.15) is 25.2 Å². The highest BCUT2D eigenvalue weighted by Crippen LogP contribution is 2.26. The van der Waals surface area contributed by atoms with Crippen molar-refractivity contribution in [1.29, 1.82) is 0 Å². The van der Waals surface area contributed by atoms with Crippen LogP contribution in [0.2, 0.25) is 0 Å².